The Bertz CT molecular complexity index is 4930. The van der Waals surface area contributed by atoms with Crippen molar-refractivity contribution in [3.05, 3.63) is 312 Å². The minimum absolute atomic E-state index is 0.383. The van der Waals surface area contributed by atoms with E-state index in [-0.39, 0.29) is 5.89 Å². The predicted octanol–water partition coefficient (Wildman–Crippen LogP) is 24.8. The molecule has 0 aliphatic heterocycles. The standard InChI is InChI=1S/4C25H28N/c2*1-19-9-6-7-14-24(19)25-18-23(15-16-26(25)2)22-13-8-12-21(17-22)20-10-4-3-5-11-20;2*1-19-8-6-7-11-24(19)25-18-23(16-17-26(25)2)22-14-12-21(13-15-22)20-9-4-3-5-10-20/h2*6-9,12-18,20H,3-5,10-11H2,1-2H3;2*6-8,11-18,20H,3-5,9-10H2,1-2H3/q4*+1/i20D;;20D;. The lowest BCUT2D eigenvalue weighted by atomic mass is 9.83. The average Bonchev–Trinajstić information content (AvgIpc) is 0.800. The van der Waals surface area contributed by atoms with Crippen LogP contribution in [0.15, 0.2) is 267 Å². The molecular formula is C100H112N4+4. The minimum Gasteiger partial charge on any atom is -0.201 e. The van der Waals surface area contributed by atoms with Crippen LogP contribution in [0.4, 0.5) is 0 Å². The van der Waals surface area contributed by atoms with E-state index in [1.807, 2.05) is 0 Å². The number of nitrogens with zero attached hydrogens (tertiary/aromatic N) is 4. The van der Waals surface area contributed by atoms with Crippen molar-refractivity contribution in [1.29, 1.82) is 0 Å². The molecule has 4 heteroatoms. The number of benzene rings is 8. The van der Waals surface area contributed by atoms with E-state index < -0.39 is 5.89 Å². The van der Waals surface area contributed by atoms with Crippen molar-refractivity contribution in [3.63, 3.8) is 0 Å². The Kier molecular flexibility index (Phi) is 23.7. The topological polar surface area (TPSA) is 15.5 Å². The molecule has 0 amide bonds. The second-order valence-electron chi connectivity index (χ2n) is 30.3. The maximum Gasteiger partial charge on any atom is 0.213 e. The summed E-state index contributed by atoms with van der Waals surface area (Å²) in [6.07, 6.45) is 33.6. The van der Waals surface area contributed by atoms with Crippen LogP contribution in [0.3, 0.4) is 0 Å². The lowest BCUT2D eigenvalue weighted by Gasteiger charge is -2.22. The van der Waals surface area contributed by atoms with Gasteiger partial charge < -0.3 is 0 Å². The van der Waals surface area contributed by atoms with Gasteiger partial charge in [0, 0.05) is 73.5 Å². The first-order valence-corrected chi connectivity index (χ1v) is 39.2. The van der Waals surface area contributed by atoms with Crippen molar-refractivity contribution in [2.75, 3.05) is 0 Å². The number of hydrogen-bond acceptors (Lipinski definition) is 0. The van der Waals surface area contributed by atoms with Gasteiger partial charge in [0.05, 0.1) is 0 Å². The van der Waals surface area contributed by atoms with Gasteiger partial charge >= 0.3 is 0 Å². The average molecular weight is 1370 g/mol. The van der Waals surface area contributed by atoms with E-state index in [1.165, 1.54) is 237 Å². The van der Waals surface area contributed by atoms with Crippen LogP contribution in [0.1, 0.15) is 199 Å². The third-order valence-corrected chi connectivity index (χ3v) is 23.0. The molecule has 12 aromatic rings. The van der Waals surface area contributed by atoms with Crippen molar-refractivity contribution in [3.8, 4) is 89.5 Å². The Hall–Kier alpha value is -9.64. The quantitative estimate of drug-likeness (QED) is 0.108. The molecule has 4 fully saturated rings. The molecule has 528 valence electrons. The van der Waals surface area contributed by atoms with Crippen LogP contribution in [0, 0.1) is 27.7 Å². The van der Waals surface area contributed by atoms with Gasteiger partial charge in [-0.15, -0.1) is 0 Å². The number of aromatic nitrogens is 4. The van der Waals surface area contributed by atoms with Crippen molar-refractivity contribution in [1.82, 2.24) is 0 Å². The number of pyridine rings is 4. The Morgan fingerprint density at radius 3 is 0.846 bits per heavy atom. The lowest BCUT2D eigenvalue weighted by molar-refractivity contribution is -0.660. The third-order valence-electron chi connectivity index (χ3n) is 23.0. The molecule has 4 aliphatic rings. The van der Waals surface area contributed by atoms with E-state index >= 15 is 0 Å². The molecule has 4 heterocycles. The zero-order chi connectivity index (χ0) is 73.6. The summed E-state index contributed by atoms with van der Waals surface area (Å²) in [7, 11) is 8.45. The fourth-order valence-electron chi connectivity index (χ4n) is 16.7. The highest BCUT2D eigenvalue weighted by Gasteiger charge is 2.23. The second-order valence-corrected chi connectivity index (χ2v) is 30.3. The van der Waals surface area contributed by atoms with Gasteiger partial charge in [0.15, 0.2) is 24.8 Å². The summed E-state index contributed by atoms with van der Waals surface area (Å²) >= 11 is 0. The van der Waals surface area contributed by atoms with Crippen LogP contribution in [-0.2, 0) is 28.2 Å². The van der Waals surface area contributed by atoms with Crippen molar-refractivity contribution in [2.24, 2.45) is 28.2 Å². The summed E-state index contributed by atoms with van der Waals surface area (Å²) in [5.41, 5.74) is 30.8. The van der Waals surface area contributed by atoms with Gasteiger partial charge in [-0.3, -0.25) is 0 Å². The molecule has 104 heavy (non-hydrogen) atoms. The van der Waals surface area contributed by atoms with Crippen LogP contribution >= 0.6 is 0 Å². The monoisotopic (exact) mass is 1370 g/mol. The Morgan fingerprint density at radius 2 is 0.500 bits per heavy atom. The molecule has 4 nitrogen and oxygen atoms in total. The molecular weight excluding hydrogens is 1260 g/mol. The highest BCUT2D eigenvalue weighted by atomic mass is 14.9. The Balaban J connectivity index is 0.000000125. The Labute approximate surface area is 626 Å². The highest BCUT2D eigenvalue weighted by molar-refractivity contribution is 5.74. The molecule has 0 radical (unpaired) electrons. The first-order chi connectivity index (χ1) is 51.6. The molecule has 0 spiro atoms. The summed E-state index contributed by atoms with van der Waals surface area (Å²) in [5.74, 6) is 0.729. The molecule has 0 N–H and O–H groups in total. The molecule has 4 aromatic heterocycles. The highest BCUT2D eigenvalue weighted by Crippen LogP contribution is 2.40. The lowest BCUT2D eigenvalue weighted by Crippen LogP contribution is -2.30. The maximum atomic E-state index is 8.96. The zero-order valence-electron chi connectivity index (χ0n) is 65.5. The van der Waals surface area contributed by atoms with Gasteiger partial charge in [-0.05, 0) is 216 Å². The molecule has 0 bridgehead atoms. The van der Waals surface area contributed by atoms with Gasteiger partial charge in [-0.2, -0.15) is 0 Å². The van der Waals surface area contributed by atoms with Gasteiger partial charge in [0.2, 0.25) is 22.8 Å². The van der Waals surface area contributed by atoms with Crippen LogP contribution in [0.2, 0.25) is 0 Å². The summed E-state index contributed by atoms with van der Waals surface area (Å²) in [6.45, 7) is 8.69. The molecule has 0 unspecified atom stereocenters. The van der Waals surface area contributed by atoms with E-state index in [2.05, 4.69) is 342 Å². The van der Waals surface area contributed by atoms with Gasteiger partial charge in [0.1, 0.15) is 28.2 Å². The van der Waals surface area contributed by atoms with Crippen LogP contribution in [-0.4, -0.2) is 0 Å². The summed E-state index contributed by atoms with van der Waals surface area (Å²) < 4.78 is 26.6. The van der Waals surface area contributed by atoms with Crippen molar-refractivity contribution >= 4 is 0 Å². The van der Waals surface area contributed by atoms with Gasteiger partial charge in [0.25, 0.3) is 0 Å². The number of aryl methyl sites for hydroxylation is 8. The fraction of sp³-hybridized carbons (Fsp3) is 0.320. The van der Waals surface area contributed by atoms with E-state index in [1.54, 1.807) is 0 Å². The van der Waals surface area contributed by atoms with Crippen molar-refractivity contribution in [2.45, 2.75) is 180 Å². The van der Waals surface area contributed by atoms with E-state index in [0.29, 0.717) is 0 Å². The van der Waals surface area contributed by atoms with Crippen LogP contribution in [0.5, 0.6) is 0 Å². The minimum atomic E-state index is -0.410. The van der Waals surface area contributed by atoms with Crippen molar-refractivity contribution < 1.29 is 21.0 Å². The van der Waals surface area contributed by atoms with Crippen LogP contribution < -0.4 is 18.3 Å². The number of rotatable bonds is 12. The molecule has 8 aromatic carbocycles. The van der Waals surface area contributed by atoms with Crippen LogP contribution in [0.25, 0.3) is 89.5 Å². The molecule has 0 saturated heterocycles. The summed E-state index contributed by atoms with van der Waals surface area (Å²) in [6, 6.07) is 88.3. The zero-order valence-corrected chi connectivity index (χ0v) is 63.5. The summed E-state index contributed by atoms with van der Waals surface area (Å²) in [5, 5.41) is 0. The molecule has 4 saturated carbocycles. The third kappa shape index (κ3) is 18.1. The van der Waals surface area contributed by atoms with E-state index in [9.17, 15) is 0 Å². The van der Waals surface area contributed by atoms with E-state index in [4.69, 9.17) is 2.74 Å². The normalized spacial score (nSPS) is 16.0. The molecule has 4 aliphatic carbocycles. The van der Waals surface area contributed by atoms with E-state index in [0.717, 1.165) is 37.5 Å². The van der Waals surface area contributed by atoms with Gasteiger partial charge in [-0.1, -0.05) is 247 Å². The largest absolute Gasteiger partial charge is 0.213 e. The fourth-order valence-corrected chi connectivity index (χ4v) is 16.7. The second kappa shape index (κ2) is 35.2. The summed E-state index contributed by atoms with van der Waals surface area (Å²) in [4.78, 5) is 0. The van der Waals surface area contributed by atoms with Gasteiger partial charge in [-0.25, -0.2) is 18.3 Å². The first kappa shape index (κ1) is 70.0. The maximum absolute atomic E-state index is 8.96. The molecule has 0 atom stereocenters. The Morgan fingerprint density at radius 1 is 0.231 bits per heavy atom. The number of hydrogen-bond donors (Lipinski definition) is 0. The molecule has 16 rings (SSSR count). The first-order valence-electron chi connectivity index (χ1n) is 40.2. The SMILES string of the molecule is Cc1ccccc1-c1cc(-c2ccc(C3CCCCC3)cc2)cc[n+]1C.Cc1ccccc1-c1cc(-c2cccc(C3CCCCC3)c2)cc[n+]1C.[2H]C1(c2ccc(-c3cc[n+](C)c(-c4ccccc4C)c3)cc2)CCCCC1.[2H]C1(c2cccc(-c3cc[n+](C)c(-c4ccccc4C)c3)c2)CCCCC1. The smallest absolute Gasteiger partial charge is 0.201 e. The predicted molar refractivity (Wildman–Crippen MR) is 436 cm³/mol.